The maximum absolute atomic E-state index is 13.6. The molecule has 0 radical (unpaired) electrons. The van der Waals surface area contributed by atoms with Crippen molar-refractivity contribution in [3.05, 3.63) is 36.0 Å². The first-order valence-electron chi connectivity index (χ1n) is 14.8. The van der Waals surface area contributed by atoms with E-state index in [0.717, 1.165) is 25.7 Å². The van der Waals surface area contributed by atoms with Crippen molar-refractivity contribution in [2.75, 3.05) is 61.4 Å². The maximum atomic E-state index is 13.6. The van der Waals surface area contributed by atoms with Gasteiger partial charge in [-0.2, -0.15) is 4.98 Å². The molecule has 1 aliphatic rings. The van der Waals surface area contributed by atoms with E-state index in [1.54, 1.807) is 36.2 Å². The predicted molar refractivity (Wildman–Crippen MR) is 167 cm³/mol. The number of carboxylic acid groups (broad SMARTS) is 1. The van der Waals surface area contributed by atoms with Gasteiger partial charge in [-0.25, -0.2) is 19.4 Å². The van der Waals surface area contributed by atoms with E-state index in [2.05, 4.69) is 21.2 Å². The minimum absolute atomic E-state index is 0.0244. The number of hydrogen-bond acceptors (Lipinski definition) is 8. The highest BCUT2D eigenvalue weighted by Crippen LogP contribution is 2.28. The molecule has 2 aromatic rings. The minimum atomic E-state index is -1.10. The highest BCUT2D eigenvalue weighted by molar-refractivity contribution is 5.96. The van der Waals surface area contributed by atoms with Crippen LogP contribution in [0.25, 0.3) is 0 Å². The van der Waals surface area contributed by atoms with Gasteiger partial charge in [-0.05, 0) is 57.2 Å². The molecular weight excluding hydrogens is 550 g/mol. The number of carboxylic acids is 1. The summed E-state index contributed by atoms with van der Waals surface area (Å²) < 4.78 is 5.40. The van der Waals surface area contributed by atoms with Crippen LogP contribution in [0.5, 0.6) is 5.75 Å². The summed E-state index contributed by atoms with van der Waals surface area (Å²) in [6.07, 6.45) is 10.5. The van der Waals surface area contributed by atoms with Crippen LogP contribution in [0.4, 0.5) is 27.0 Å². The molecule has 3 rings (SSSR count). The lowest BCUT2D eigenvalue weighted by Crippen LogP contribution is -2.46. The Morgan fingerprint density at radius 1 is 1.12 bits per heavy atom. The van der Waals surface area contributed by atoms with Crippen molar-refractivity contribution in [2.45, 2.75) is 58.9 Å². The Labute approximate surface area is 254 Å². The second kappa shape index (κ2) is 16.2. The first kappa shape index (κ1) is 33.0. The number of carbonyl (C=O) groups is 3. The summed E-state index contributed by atoms with van der Waals surface area (Å²) in [4.78, 5) is 54.1. The number of anilines is 3. The molecule has 0 spiro atoms. The number of piperidine rings is 1. The van der Waals surface area contributed by atoms with Crippen LogP contribution in [0.15, 0.2) is 30.5 Å². The van der Waals surface area contributed by atoms with Crippen LogP contribution in [0, 0.1) is 12.3 Å². The molecule has 232 valence electrons. The lowest BCUT2D eigenvalue weighted by molar-refractivity contribution is -0.137. The predicted octanol–water partition coefficient (Wildman–Crippen LogP) is 4.32. The number of nitrogens with zero attached hydrogens (tertiary/aromatic N) is 6. The van der Waals surface area contributed by atoms with E-state index < -0.39 is 18.1 Å². The molecule has 1 aromatic heterocycles. The van der Waals surface area contributed by atoms with Crippen molar-refractivity contribution >= 4 is 35.5 Å². The van der Waals surface area contributed by atoms with Crippen LogP contribution in [0.1, 0.15) is 52.0 Å². The molecule has 1 aliphatic heterocycles. The van der Waals surface area contributed by atoms with E-state index >= 15 is 0 Å². The van der Waals surface area contributed by atoms with Gasteiger partial charge in [-0.15, -0.1) is 6.42 Å². The number of benzene rings is 1. The molecule has 1 unspecified atom stereocenters. The number of terminal acetylenes is 1. The van der Waals surface area contributed by atoms with E-state index in [-0.39, 0.29) is 24.8 Å². The average Bonchev–Trinajstić information content (AvgIpc) is 3.01. The second-order valence-corrected chi connectivity index (χ2v) is 10.4. The molecule has 1 atom stereocenters. The fraction of sp³-hybridized carbons (Fsp3) is 0.516. The first-order valence-corrected chi connectivity index (χ1v) is 14.8. The molecule has 3 amide bonds. The zero-order valence-electron chi connectivity index (χ0n) is 25.6. The fourth-order valence-corrected chi connectivity index (χ4v) is 4.83. The largest absolute Gasteiger partial charge is 0.480 e. The van der Waals surface area contributed by atoms with Gasteiger partial charge in [0.15, 0.2) is 5.82 Å². The number of carbonyl (C=O) groups excluding carboxylic acids is 2. The second-order valence-electron chi connectivity index (χ2n) is 10.4. The third kappa shape index (κ3) is 8.98. The topological polar surface area (TPSA) is 131 Å². The summed E-state index contributed by atoms with van der Waals surface area (Å²) in [7, 11) is 1.67. The zero-order chi connectivity index (χ0) is 31.4. The molecule has 0 bridgehead atoms. The van der Waals surface area contributed by atoms with E-state index in [1.807, 2.05) is 25.7 Å². The first-order chi connectivity index (χ1) is 20.7. The summed E-state index contributed by atoms with van der Waals surface area (Å²) in [5.74, 6) is 2.42. The quantitative estimate of drug-likeness (QED) is 0.326. The van der Waals surface area contributed by atoms with Crippen LogP contribution < -0.4 is 19.9 Å². The molecule has 1 aromatic carbocycles. The molecule has 1 fully saturated rings. The Hall–Kier alpha value is -4.53. The van der Waals surface area contributed by atoms with Crippen molar-refractivity contribution < 1.29 is 24.2 Å². The van der Waals surface area contributed by atoms with E-state index in [0.29, 0.717) is 55.7 Å². The molecular formula is C31H43N7O5. The zero-order valence-corrected chi connectivity index (χ0v) is 25.6. The van der Waals surface area contributed by atoms with Gasteiger partial charge in [-0.3, -0.25) is 4.90 Å². The standard InChI is InChI=1S/C31H43N7O5/c1-6-17-35(5)31(42)43-24-15-13-23(14-16-24)21-25(28(39)40)33-27-26(22-32-29(34-27)36(8-3)9-4)38(18-7-2)30(41)37-19-11-10-12-20-37/h2,13-16,22,25H,6,8-12,17-21H2,1,3-5H3,(H,39,40)(H,32,33,34). The number of amides is 3. The van der Waals surface area contributed by atoms with E-state index in [4.69, 9.17) is 11.2 Å². The highest BCUT2D eigenvalue weighted by Gasteiger charge is 2.29. The number of likely N-dealkylation sites (tertiary alicyclic amines) is 1. The van der Waals surface area contributed by atoms with Gasteiger partial charge in [0.2, 0.25) is 5.95 Å². The molecule has 2 N–H and O–H groups in total. The number of aromatic nitrogens is 2. The van der Waals surface area contributed by atoms with Crippen molar-refractivity contribution in [1.82, 2.24) is 19.8 Å². The Kier molecular flexibility index (Phi) is 12.4. The van der Waals surface area contributed by atoms with Gasteiger partial charge in [0.25, 0.3) is 0 Å². The Morgan fingerprint density at radius 2 is 1.79 bits per heavy atom. The Bertz CT molecular complexity index is 1270. The molecule has 12 heteroatoms. The molecule has 1 saturated heterocycles. The summed E-state index contributed by atoms with van der Waals surface area (Å²) in [6.45, 7) is 9.00. The number of rotatable bonds is 13. The summed E-state index contributed by atoms with van der Waals surface area (Å²) in [5, 5.41) is 13.2. The summed E-state index contributed by atoms with van der Waals surface area (Å²) >= 11 is 0. The van der Waals surface area contributed by atoms with Gasteiger partial charge in [0.05, 0.1) is 12.7 Å². The van der Waals surface area contributed by atoms with Crippen LogP contribution in [0.3, 0.4) is 0 Å². The van der Waals surface area contributed by atoms with Gasteiger partial charge in [-0.1, -0.05) is 25.0 Å². The number of ether oxygens (including phenoxy) is 1. The monoisotopic (exact) mass is 593 g/mol. The summed E-state index contributed by atoms with van der Waals surface area (Å²) in [6, 6.07) is 5.33. The van der Waals surface area contributed by atoms with Crippen LogP contribution in [0.2, 0.25) is 0 Å². The Balaban J connectivity index is 1.90. The molecule has 0 saturated carbocycles. The number of hydrogen-bond donors (Lipinski definition) is 2. The summed E-state index contributed by atoms with van der Waals surface area (Å²) in [5.41, 5.74) is 1.01. The highest BCUT2D eigenvalue weighted by atomic mass is 16.6. The smallest absolute Gasteiger partial charge is 0.414 e. The van der Waals surface area contributed by atoms with Gasteiger partial charge >= 0.3 is 18.1 Å². The lowest BCUT2D eigenvalue weighted by atomic mass is 10.1. The maximum Gasteiger partial charge on any atom is 0.414 e. The number of nitrogens with one attached hydrogen (secondary N) is 1. The average molecular weight is 594 g/mol. The van der Waals surface area contributed by atoms with Gasteiger partial charge < -0.3 is 29.9 Å². The van der Waals surface area contributed by atoms with Crippen LogP contribution in [-0.2, 0) is 11.2 Å². The van der Waals surface area contributed by atoms with E-state index in [9.17, 15) is 19.5 Å². The number of urea groups is 1. The van der Waals surface area contributed by atoms with Crippen LogP contribution >= 0.6 is 0 Å². The third-order valence-corrected chi connectivity index (χ3v) is 7.25. The lowest BCUT2D eigenvalue weighted by Gasteiger charge is -2.33. The van der Waals surface area contributed by atoms with Crippen LogP contribution in [-0.4, -0.2) is 95.3 Å². The minimum Gasteiger partial charge on any atom is -0.480 e. The van der Waals surface area contributed by atoms with Crippen molar-refractivity contribution in [3.63, 3.8) is 0 Å². The van der Waals surface area contributed by atoms with Crippen molar-refractivity contribution in [3.8, 4) is 18.1 Å². The molecule has 2 heterocycles. The molecule has 43 heavy (non-hydrogen) atoms. The van der Waals surface area contributed by atoms with Gasteiger partial charge in [0.1, 0.15) is 17.5 Å². The fourth-order valence-electron chi connectivity index (χ4n) is 4.83. The van der Waals surface area contributed by atoms with Crippen molar-refractivity contribution in [1.29, 1.82) is 0 Å². The normalized spacial score (nSPS) is 13.4. The SMILES string of the molecule is C#CCN(C(=O)N1CCCCC1)c1cnc(N(CC)CC)nc1NC(Cc1ccc(OC(=O)N(C)CCC)cc1)C(=O)O. The number of aliphatic carboxylic acids is 1. The van der Waals surface area contributed by atoms with Gasteiger partial charge in [0, 0.05) is 46.2 Å². The molecule has 0 aliphatic carbocycles. The third-order valence-electron chi connectivity index (χ3n) is 7.25. The van der Waals surface area contributed by atoms with Crippen molar-refractivity contribution in [2.24, 2.45) is 0 Å². The van der Waals surface area contributed by atoms with E-state index in [1.165, 1.54) is 16.0 Å². The molecule has 12 nitrogen and oxygen atoms in total. The Morgan fingerprint density at radius 3 is 2.37 bits per heavy atom.